The van der Waals surface area contributed by atoms with E-state index in [4.69, 9.17) is 0 Å². The van der Waals surface area contributed by atoms with Crippen molar-refractivity contribution in [1.29, 1.82) is 10.5 Å². The summed E-state index contributed by atoms with van der Waals surface area (Å²) in [6.45, 7) is 27.6. The van der Waals surface area contributed by atoms with Crippen molar-refractivity contribution in [3.63, 3.8) is 0 Å². The first-order valence-corrected chi connectivity index (χ1v) is 17.2. The summed E-state index contributed by atoms with van der Waals surface area (Å²) in [6, 6.07) is 7.96. The lowest BCUT2D eigenvalue weighted by molar-refractivity contribution is 0.838. The van der Waals surface area contributed by atoms with Crippen LogP contribution in [0, 0.1) is 45.6 Å². The van der Waals surface area contributed by atoms with Crippen LogP contribution in [-0.2, 0) is 0 Å². The molecule has 0 N–H and O–H groups in total. The highest BCUT2D eigenvalue weighted by Crippen LogP contribution is 2.42. The van der Waals surface area contributed by atoms with Gasteiger partial charge in [-0.3, -0.25) is 0 Å². The lowest BCUT2D eigenvalue weighted by atomic mass is 10.0. The van der Waals surface area contributed by atoms with Crippen LogP contribution >= 0.6 is 0 Å². The number of hydrogen-bond donors (Lipinski definition) is 0. The van der Waals surface area contributed by atoms with E-state index >= 15 is 0 Å². The maximum atomic E-state index is 9.67. The van der Waals surface area contributed by atoms with E-state index in [-0.39, 0.29) is 0 Å². The van der Waals surface area contributed by atoms with Crippen LogP contribution in [0.15, 0.2) is 12.1 Å². The van der Waals surface area contributed by atoms with Gasteiger partial charge in [-0.15, -0.1) is 11.1 Å². The summed E-state index contributed by atoms with van der Waals surface area (Å²) in [6.07, 6.45) is 0. The van der Waals surface area contributed by atoms with Crippen molar-refractivity contribution in [2.75, 3.05) is 0 Å². The van der Waals surface area contributed by atoms with Crippen molar-refractivity contribution >= 4 is 16.1 Å². The molecule has 0 saturated heterocycles. The Morgan fingerprint density at radius 1 is 0.471 bits per heavy atom. The first-order chi connectivity index (χ1) is 15.7. The molecule has 0 aliphatic heterocycles. The quantitative estimate of drug-likeness (QED) is 0.297. The fourth-order valence-electron chi connectivity index (χ4n) is 6.21. The molecule has 0 atom stereocenters. The zero-order valence-electron chi connectivity index (χ0n) is 23.5. The van der Waals surface area contributed by atoms with E-state index in [1.54, 1.807) is 12.1 Å². The zero-order chi connectivity index (χ0) is 26.4. The summed E-state index contributed by atoms with van der Waals surface area (Å²) < 4.78 is 0. The van der Waals surface area contributed by atoms with Crippen LogP contribution in [-0.4, -0.2) is 16.1 Å². The van der Waals surface area contributed by atoms with E-state index in [1.807, 2.05) is 0 Å². The highest BCUT2D eigenvalue weighted by Gasteiger charge is 2.42. The zero-order valence-corrected chi connectivity index (χ0v) is 25.5. The summed E-state index contributed by atoms with van der Waals surface area (Å²) in [7, 11) is -3.89. The SMILES string of the molecule is CC(C)[Si](C#Cc1cc(C#N)c(C#N)cc1C#C[Si](C(C)C)(C(C)C)C(C)C)(C(C)C)C(C)C. The van der Waals surface area contributed by atoms with Gasteiger partial charge < -0.3 is 0 Å². The lowest BCUT2D eigenvalue weighted by Gasteiger charge is -2.38. The van der Waals surface area contributed by atoms with Crippen LogP contribution in [0.4, 0.5) is 0 Å². The highest BCUT2D eigenvalue weighted by atomic mass is 28.3. The van der Waals surface area contributed by atoms with Crippen LogP contribution in [0.3, 0.4) is 0 Å². The second-order valence-corrected chi connectivity index (χ2v) is 22.6. The third-order valence-corrected chi connectivity index (χ3v) is 20.5. The molecule has 0 aromatic heterocycles. The van der Waals surface area contributed by atoms with Gasteiger partial charge >= 0.3 is 0 Å². The average molecular weight is 489 g/mol. The second-order valence-electron chi connectivity index (χ2n) is 11.5. The van der Waals surface area contributed by atoms with Gasteiger partial charge in [0.2, 0.25) is 0 Å². The summed E-state index contributed by atoms with van der Waals surface area (Å²) in [4.78, 5) is 0. The van der Waals surface area contributed by atoms with Gasteiger partial charge in [-0.2, -0.15) is 10.5 Å². The summed E-state index contributed by atoms with van der Waals surface area (Å²) >= 11 is 0. The molecule has 0 amide bonds. The topological polar surface area (TPSA) is 47.6 Å². The van der Waals surface area contributed by atoms with E-state index in [1.165, 1.54) is 0 Å². The Bertz CT molecular complexity index is 941. The molecule has 1 aromatic rings. The van der Waals surface area contributed by atoms with Gasteiger partial charge in [-0.05, 0) is 45.4 Å². The number of rotatable bonds is 6. The third kappa shape index (κ3) is 5.69. The fraction of sp³-hybridized carbons (Fsp3) is 0.600. The van der Waals surface area contributed by atoms with Crippen molar-refractivity contribution in [2.24, 2.45) is 0 Å². The van der Waals surface area contributed by atoms with E-state index in [2.05, 4.69) is 118 Å². The van der Waals surface area contributed by atoms with E-state index < -0.39 is 16.1 Å². The Morgan fingerprint density at radius 2 is 0.706 bits per heavy atom. The lowest BCUT2D eigenvalue weighted by Crippen LogP contribution is -2.43. The van der Waals surface area contributed by atoms with Crippen molar-refractivity contribution < 1.29 is 0 Å². The number of nitrogens with zero attached hydrogens (tertiary/aromatic N) is 2. The minimum absolute atomic E-state index is 0.378. The highest BCUT2D eigenvalue weighted by molar-refractivity contribution is 6.91. The molecule has 0 saturated carbocycles. The monoisotopic (exact) mass is 488 g/mol. The summed E-state index contributed by atoms with van der Waals surface area (Å²) in [5, 5.41) is 19.3. The van der Waals surface area contributed by atoms with Gasteiger partial charge in [-0.25, -0.2) is 0 Å². The second kappa shape index (κ2) is 11.9. The normalized spacial score (nSPS) is 12.0. The largest absolute Gasteiger partial charge is 0.192 e. The van der Waals surface area contributed by atoms with Crippen LogP contribution in [0.5, 0.6) is 0 Å². The fourth-order valence-corrected chi connectivity index (χ4v) is 16.6. The first kappa shape index (κ1) is 29.8. The number of nitriles is 2. The predicted octanol–water partition coefficient (Wildman–Crippen LogP) is 8.57. The molecule has 34 heavy (non-hydrogen) atoms. The van der Waals surface area contributed by atoms with Gasteiger partial charge in [0.1, 0.15) is 28.3 Å². The van der Waals surface area contributed by atoms with Gasteiger partial charge in [0.25, 0.3) is 0 Å². The molecular formula is C30H44N2Si2. The molecule has 4 heteroatoms. The molecule has 0 fully saturated rings. The Kier molecular flexibility index (Phi) is 10.5. The molecule has 1 rings (SSSR count). The Labute approximate surface area is 212 Å². The average Bonchev–Trinajstić information content (AvgIpc) is 2.73. The minimum atomic E-state index is -1.94. The maximum Gasteiger partial charge on any atom is 0.146 e. The van der Waals surface area contributed by atoms with Crippen LogP contribution in [0.25, 0.3) is 0 Å². The Balaban J connectivity index is 3.98. The van der Waals surface area contributed by atoms with E-state index in [0.717, 1.165) is 11.1 Å². The van der Waals surface area contributed by atoms with Gasteiger partial charge in [0.05, 0.1) is 11.1 Å². The first-order valence-electron chi connectivity index (χ1n) is 12.8. The molecule has 0 bridgehead atoms. The van der Waals surface area contributed by atoms with Crippen LogP contribution in [0.1, 0.15) is 105 Å². The van der Waals surface area contributed by atoms with E-state index in [0.29, 0.717) is 44.4 Å². The molecule has 0 spiro atoms. The smallest absolute Gasteiger partial charge is 0.146 e. The molecular weight excluding hydrogens is 445 g/mol. The van der Waals surface area contributed by atoms with E-state index in [9.17, 15) is 10.5 Å². The molecule has 182 valence electrons. The molecule has 0 aliphatic carbocycles. The van der Waals surface area contributed by atoms with Crippen LogP contribution in [0.2, 0.25) is 33.2 Å². The summed E-state index contributed by atoms with van der Waals surface area (Å²) in [5.41, 5.74) is 13.0. The van der Waals surface area contributed by atoms with Crippen molar-refractivity contribution in [2.45, 2.75) is 116 Å². The van der Waals surface area contributed by atoms with Gasteiger partial charge in [0, 0.05) is 11.1 Å². The number of benzene rings is 1. The van der Waals surface area contributed by atoms with Crippen molar-refractivity contribution in [1.82, 2.24) is 0 Å². The minimum Gasteiger partial charge on any atom is -0.192 e. The molecule has 2 nitrogen and oxygen atoms in total. The Hall–Kier alpha value is -2.25. The van der Waals surface area contributed by atoms with Crippen molar-refractivity contribution in [3.05, 3.63) is 34.4 Å². The summed E-state index contributed by atoms with van der Waals surface area (Å²) in [5.74, 6) is 7.02. The molecule has 0 heterocycles. The number of hydrogen-bond acceptors (Lipinski definition) is 2. The van der Waals surface area contributed by atoms with Crippen LogP contribution < -0.4 is 0 Å². The molecule has 0 unspecified atom stereocenters. The van der Waals surface area contributed by atoms with Gasteiger partial charge in [0.15, 0.2) is 0 Å². The van der Waals surface area contributed by atoms with Crippen molar-refractivity contribution in [3.8, 4) is 35.1 Å². The predicted molar refractivity (Wildman–Crippen MR) is 152 cm³/mol. The standard InChI is InChI=1S/C30H44N2Si2/c1-21(2)33(22(3)4,23(5)6)15-13-27-17-29(19-31)30(20-32)18-28(27)14-16-34(24(7)8,25(9)10)26(11)12/h17-18,21-26H,1-12H3. The molecule has 0 aliphatic rings. The third-order valence-electron chi connectivity index (χ3n) is 7.96. The molecule has 0 radical (unpaired) electrons. The Morgan fingerprint density at radius 3 is 0.882 bits per heavy atom. The van der Waals surface area contributed by atoms with Gasteiger partial charge in [-0.1, -0.05) is 94.9 Å². The maximum absolute atomic E-state index is 9.67. The molecule has 1 aromatic carbocycles.